The first-order valence-electron chi connectivity index (χ1n) is 10.6. The number of carbonyl (C=O) groups excluding carboxylic acids is 1. The molecule has 2 saturated heterocycles. The fraction of sp³-hybridized carbons (Fsp3) is 0.667. The van der Waals surface area contributed by atoms with E-state index in [9.17, 15) is 4.79 Å². The van der Waals surface area contributed by atoms with Crippen LogP contribution in [0.5, 0.6) is 0 Å². The van der Waals surface area contributed by atoms with E-state index in [1.54, 1.807) is 19.0 Å². The van der Waals surface area contributed by atoms with Crippen LogP contribution in [0.3, 0.4) is 0 Å². The maximum Gasteiger partial charge on any atom is 0.243 e. The second-order valence-corrected chi connectivity index (χ2v) is 8.07. The minimum atomic E-state index is -0.0107. The Kier molecular flexibility index (Phi) is 7.69. The normalized spacial score (nSPS) is 20.6. The van der Waals surface area contributed by atoms with Crippen molar-refractivity contribution in [1.29, 1.82) is 0 Å². The first kappa shape index (κ1) is 21.4. The molecule has 3 heterocycles. The van der Waals surface area contributed by atoms with Crippen LogP contribution < -0.4 is 15.5 Å². The van der Waals surface area contributed by atoms with Crippen molar-refractivity contribution in [2.45, 2.75) is 44.8 Å². The average Bonchev–Trinajstić information content (AvgIpc) is 3.24. The minimum Gasteiger partial charge on any atom is -0.376 e. The van der Waals surface area contributed by atoms with Crippen molar-refractivity contribution in [3.05, 3.63) is 23.9 Å². The molecular weight excluding hydrogens is 368 g/mol. The van der Waals surface area contributed by atoms with Gasteiger partial charge in [0.1, 0.15) is 12.4 Å². The average molecular weight is 403 g/mol. The highest BCUT2D eigenvalue weighted by Crippen LogP contribution is 2.18. The number of rotatable bonds is 6. The number of nitrogens with one attached hydrogen (secondary N) is 2. The summed E-state index contributed by atoms with van der Waals surface area (Å²) in [4.78, 5) is 24.9. The van der Waals surface area contributed by atoms with E-state index in [2.05, 4.69) is 44.6 Å². The second-order valence-electron chi connectivity index (χ2n) is 8.07. The number of carbonyl (C=O) groups is 1. The molecule has 2 aliphatic heterocycles. The smallest absolute Gasteiger partial charge is 0.243 e. The third kappa shape index (κ3) is 6.59. The van der Waals surface area contributed by atoms with Gasteiger partial charge in [-0.15, -0.1) is 0 Å². The number of aromatic nitrogens is 1. The van der Waals surface area contributed by atoms with Gasteiger partial charge in [0.05, 0.1) is 6.10 Å². The molecule has 1 aromatic heterocycles. The van der Waals surface area contributed by atoms with Gasteiger partial charge in [0.2, 0.25) is 5.91 Å². The van der Waals surface area contributed by atoms with Crippen molar-refractivity contribution in [2.75, 3.05) is 51.8 Å². The largest absolute Gasteiger partial charge is 0.376 e. The molecule has 1 aromatic rings. The van der Waals surface area contributed by atoms with E-state index in [0.717, 1.165) is 51.2 Å². The highest BCUT2D eigenvalue weighted by molar-refractivity contribution is 5.85. The van der Waals surface area contributed by atoms with Gasteiger partial charge in [-0.1, -0.05) is 6.07 Å². The number of aryl methyl sites for hydroxylation is 1. The third-order valence-electron chi connectivity index (χ3n) is 5.45. The van der Waals surface area contributed by atoms with Gasteiger partial charge < -0.3 is 25.2 Å². The van der Waals surface area contributed by atoms with Gasteiger partial charge >= 0.3 is 0 Å². The molecule has 1 amide bonds. The van der Waals surface area contributed by atoms with E-state index in [0.29, 0.717) is 18.5 Å². The summed E-state index contributed by atoms with van der Waals surface area (Å²) in [6.45, 7) is 5.64. The second kappa shape index (κ2) is 10.4. The Morgan fingerprint density at radius 3 is 2.72 bits per heavy atom. The minimum absolute atomic E-state index is 0.0107. The lowest BCUT2D eigenvalue weighted by Crippen LogP contribution is -2.50. The summed E-state index contributed by atoms with van der Waals surface area (Å²) in [6.07, 6.45) is 6.31. The fourth-order valence-corrected chi connectivity index (χ4v) is 3.55. The molecule has 1 atom stereocenters. The highest BCUT2D eigenvalue weighted by atomic mass is 16.5. The highest BCUT2D eigenvalue weighted by Gasteiger charge is 2.22. The molecule has 2 fully saturated rings. The molecule has 8 nitrogen and oxygen atoms in total. The molecule has 3 rings (SSSR count). The summed E-state index contributed by atoms with van der Waals surface area (Å²) in [6, 6.07) is 4.52. The number of amides is 1. The molecular formula is C21H34N6O2. The Bertz CT molecular complexity index is 677. The number of hydrogen-bond acceptors (Lipinski definition) is 5. The van der Waals surface area contributed by atoms with Gasteiger partial charge in [-0.3, -0.25) is 4.79 Å². The standard InChI is InChI=1S/C21H34N6O2/c1-16-6-7-19(22-13-16)27-10-8-17(9-11-27)25-21(24-15-20(28)26(2)3)23-14-18-5-4-12-29-18/h6-7,13,17-18H,4-5,8-12,14-15H2,1-3H3,(H2,23,24,25). The lowest BCUT2D eigenvalue weighted by molar-refractivity contribution is -0.127. The van der Waals surface area contributed by atoms with Crippen LogP contribution in [0.25, 0.3) is 0 Å². The molecule has 2 aliphatic rings. The Labute approximate surface area is 173 Å². The van der Waals surface area contributed by atoms with Crippen molar-refractivity contribution in [2.24, 2.45) is 4.99 Å². The van der Waals surface area contributed by atoms with Crippen molar-refractivity contribution < 1.29 is 9.53 Å². The van der Waals surface area contributed by atoms with E-state index in [1.807, 2.05) is 6.20 Å². The Hall–Kier alpha value is -2.35. The van der Waals surface area contributed by atoms with Crippen LogP contribution in [0.1, 0.15) is 31.2 Å². The van der Waals surface area contributed by atoms with Gasteiger partial charge in [0.25, 0.3) is 0 Å². The van der Waals surface area contributed by atoms with Gasteiger partial charge in [-0.05, 0) is 44.2 Å². The zero-order valence-electron chi connectivity index (χ0n) is 17.9. The molecule has 0 radical (unpaired) electrons. The van der Waals surface area contributed by atoms with Crippen molar-refractivity contribution >= 4 is 17.7 Å². The molecule has 0 aliphatic carbocycles. The maximum absolute atomic E-state index is 11.9. The summed E-state index contributed by atoms with van der Waals surface area (Å²) >= 11 is 0. The van der Waals surface area contributed by atoms with Crippen LogP contribution in [0.15, 0.2) is 23.3 Å². The Morgan fingerprint density at radius 2 is 2.10 bits per heavy atom. The molecule has 0 bridgehead atoms. The molecule has 29 heavy (non-hydrogen) atoms. The third-order valence-corrected chi connectivity index (χ3v) is 5.45. The number of hydrogen-bond donors (Lipinski definition) is 2. The van der Waals surface area contributed by atoms with Gasteiger partial charge in [-0.25, -0.2) is 9.98 Å². The fourth-order valence-electron chi connectivity index (χ4n) is 3.55. The summed E-state index contributed by atoms with van der Waals surface area (Å²) in [5, 5.41) is 6.89. The maximum atomic E-state index is 11.9. The first-order valence-corrected chi connectivity index (χ1v) is 10.6. The summed E-state index contributed by atoms with van der Waals surface area (Å²) in [5.41, 5.74) is 1.18. The SMILES string of the molecule is Cc1ccc(N2CCC(NC(=NCC(=O)N(C)C)NCC3CCCO3)CC2)nc1. The zero-order valence-corrected chi connectivity index (χ0v) is 17.9. The lowest BCUT2D eigenvalue weighted by atomic mass is 10.1. The van der Waals surface area contributed by atoms with Crippen molar-refractivity contribution in [1.82, 2.24) is 20.5 Å². The summed E-state index contributed by atoms with van der Waals surface area (Å²) in [5.74, 6) is 1.72. The number of nitrogens with zero attached hydrogens (tertiary/aromatic N) is 4. The summed E-state index contributed by atoms with van der Waals surface area (Å²) in [7, 11) is 3.50. The lowest BCUT2D eigenvalue weighted by Gasteiger charge is -2.34. The van der Waals surface area contributed by atoms with Gasteiger partial charge in [0, 0.05) is 52.6 Å². The van der Waals surface area contributed by atoms with Crippen LogP contribution in [0, 0.1) is 6.92 Å². The van der Waals surface area contributed by atoms with Gasteiger partial charge in [-0.2, -0.15) is 0 Å². The van der Waals surface area contributed by atoms with Crippen LogP contribution in [0.4, 0.5) is 5.82 Å². The molecule has 0 spiro atoms. The van der Waals surface area contributed by atoms with Crippen LogP contribution in [0.2, 0.25) is 0 Å². The van der Waals surface area contributed by atoms with Gasteiger partial charge in [0.15, 0.2) is 5.96 Å². The number of pyridine rings is 1. The number of ether oxygens (including phenoxy) is 1. The Morgan fingerprint density at radius 1 is 1.31 bits per heavy atom. The van der Waals surface area contributed by atoms with Crippen LogP contribution in [-0.2, 0) is 9.53 Å². The quantitative estimate of drug-likeness (QED) is 0.549. The molecule has 0 saturated carbocycles. The van der Waals surface area contributed by atoms with Crippen LogP contribution >= 0.6 is 0 Å². The molecule has 0 aromatic carbocycles. The molecule has 160 valence electrons. The number of likely N-dealkylation sites (N-methyl/N-ethyl adjacent to an activating group) is 1. The van der Waals surface area contributed by atoms with Crippen LogP contribution in [-0.4, -0.2) is 80.8 Å². The predicted molar refractivity (Wildman–Crippen MR) is 115 cm³/mol. The number of piperidine rings is 1. The van der Waals surface area contributed by atoms with E-state index in [4.69, 9.17) is 4.74 Å². The number of anilines is 1. The zero-order chi connectivity index (χ0) is 20.6. The monoisotopic (exact) mass is 402 g/mol. The number of guanidine groups is 1. The predicted octanol–water partition coefficient (Wildman–Crippen LogP) is 1.16. The van der Waals surface area contributed by atoms with E-state index in [-0.39, 0.29) is 18.6 Å². The Balaban J connectivity index is 1.53. The number of aliphatic imine (C=N–C) groups is 1. The van der Waals surface area contributed by atoms with E-state index in [1.165, 1.54) is 5.56 Å². The molecule has 2 N–H and O–H groups in total. The first-order chi connectivity index (χ1) is 14.0. The van der Waals surface area contributed by atoms with E-state index < -0.39 is 0 Å². The molecule has 8 heteroatoms. The van der Waals surface area contributed by atoms with E-state index >= 15 is 0 Å². The topological polar surface area (TPSA) is 82.1 Å². The molecule has 1 unspecified atom stereocenters. The summed E-state index contributed by atoms with van der Waals surface area (Å²) < 4.78 is 5.69. The van der Waals surface area contributed by atoms with Crippen molar-refractivity contribution in [3.63, 3.8) is 0 Å². The van der Waals surface area contributed by atoms with Crippen molar-refractivity contribution in [3.8, 4) is 0 Å².